The molecular formula is C19H19BrN2O2. The lowest BCUT2D eigenvalue weighted by molar-refractivity contribution is -0.143. The molecule has 0 saturated carbocycles. The summed E-state index contributed by atoms with van der Waals surface area (Å²) in [6.07, 6.45) is 2.54. The highest BCUT2D eigenvalue weighted by molar-refractivity contribution is 9.10. The fraction of sp³-hybridized carbons (Fsp3) is 0.211. The number of rotatable bonds is 6. The summed E-state index contributed by atoms with van der Waals surface area (Å²) < 4.78 is 6.00. The molecule has 0 amide bonds. The summed E-state index contributed by atoms with van der Waals surface area (Å²) in [5.41, 5.74) is 3.29. The fourth-order valence-corrected chi connectivity index (χ4v) is 3.01. The minimum Gasteiger partial charge on any atom is -0.468 e. The Morgan fingerprint density at radius 3 is 2.71 bits per heavy atom. The first kappa shape index (κ1) is 16.7. The van der Waals surface area contributed by atoms with Crippen molar-refractivity contribution >= 4 is 32.8 Å². The molecule has 0 saturated heterocycles. The molecule has 1 aromatic heterocycles. The van der Waals surface area contributed by atoms with E-state index in [1.807, 2.05) is 48.7 Å². The first-order chi connectivity index (χ1) is 11.7. The molecule has 2 N–H and O–H groups in total. The number of aromatic nitrogens is 1. The zero-order valence-corrected chi connectivity index (χ0v) is 15.0. The van der Waals surface area contributed by atoms with Crippen LogP contribution in [0.15, 0.2) is 59.2 Å². The van der Waals surface area contributed by atoms with Gasteiger partial charge in [-0.25, -0.2) is 0 Å². The van der Waals surface area contributed by atoms with E-state index in [-0.39, 0.29) is 5.97 Å². The van der Waals surface area contributed by atoms with Gasteiger partial charge >= 0.3 is 5.97 Å². The molecule has 0 fully saturated rings. The number of para-hydroxylation sites is 1. The average Bonchev–Trinajstić information content (AvgIpc) is 3.02. The summed E-state index contributed by atoms with van der Waals surface area (Å²) in [6.45, 7) is 0.607. The molecule has 4 nitrogen and oxygen atoms in total. The first-order valence-corrected chi connectivity index (χ1v) is 8.57. The van der Waals surface area contributed by atoms with Gasteiger partial charge in [0.2, 0.25) is 0 Å². The van der Waals surface area contributed by atoms with Gasteiger partial charge in [-0.2, -0.15) is 0 Å². The van der Waals surface area contributed by atoms with Crippen LogP contribution in [0.2, 0.25) is 0 Å². The van der Waals surface area contributed by atoms with Gasteiger partial charge in [0, 0.05) is 34.5 Å². The number of methoxy groups -OCH3 is 1. The molecule has 1 heterocycles. The molecule has 0 bridgehead atoms. The van der Waals surface area contributed by atoms with E-state index in [4.69, 9.17) is 4.74 Å². The van der Waals surface area contributed by atoms with Crippen LogP contribution in [-0.2, 0) is 22.5 Å². The van der Waals surface area contributed by atoms with Gasteiger partial charge < -0.3 is 15.0 Å². The zero-order valence-electron chi connectivity index (χ0n) is 13.4. The molecule has 3 rings (SSSR count). The van der Waals surface area contributed by atoms with Gasteiger partial charge in [-0.3, -0.25) is 4.79 Å². The Morgan fingerprint density at radius 1 is 1.21 bits per heavy atom. The SMILES string of the molecule is COC(=O)[C@H](Cc1c[nH]c2ccccc12)NCc1ccc(Br)cc1. The number of halogens is 1. The van der Waals surface area contributed by atoms with Crippen LogP contribution in [0.5, 0.6) is 0 Å². The first-order valence-electron chi connectivity index (χ1n) is 7.78. The number of aromatic amines is 1. The Bertz CT molecular complexity index is 827. The minimum atomic E-state index is -0.391. The Hall–Kier alpha value is -2.11. The molecule has 0 radical (unpaired) electrons. The van der Waals surface area contributed by atoms with E-state index in [0.29, 0.717) is 13.0 Å². The van der Waals surface area contributed by atoms with Crippen molar-refractivity contribution in [2.45, 2.75) is 19.0 Å². The smallest absolute Gasteiger partial charge is 0.323 e. The van der Waals surface area contributed by atoms with E-state index in [9.17, 15) is 4.79 Å². The van der Waals surface area contributed by atoms with Crippen molar-refractivity contribution in [2.75, 3.05) is 7.11 Å². The standard InChI is InChI=1S/C19H19BrN2O2/c1-24-19(23)18(21-11-13-6-8-15(20)9-7-13)10-14-12-22-17-5-3-2-4-16(14)17/h2-9,12,18,21-22H,10-11H2,1H3/t18-/m0/s1. The van der Waals surface area contributed by atoms with Crippen molar-refractivity contribution in [3.63, 3.8) is 0 Å². The molecule has 3 aromatic rings. The summed E-state index contributed by atoms with van der Waals surface area (Å²) in [7, 11) is 1.42. The number of carbonyl (C=O) groups excluding carboxylic acids is 1. The molecule has 5 heteroatoms. The molecule has 0 unspecified atom stereocenters. The van der Waals surface area contributed by atoms with Gasteiger partial charge in [0.1, 0.15) is 6.04 Å². The number of hydrogen-bond acceptors (Lipinski definition) is 3. The van der Waals surface area contributed by atoms with Crippen LogP contribution >= 0.6 is 15.9 Å². The predicted molar refractivity (Wildman–Crippen MR) is 98.8 cm³/mol. The molecule has 0 aliphatic rings. The monoisotopic (exact) mass is 386 g/mol. The molecule has 2 aromatic carbocycles. The summed E-state index contributed by atoms with van der Waals surface area (Å²) in [6, 6.07) is 15.7. The number of esters is 1. The number of carbonyl (C=O) groups is 1. The molecule has 24 heavy (non-hydrogen) atoms. The van der Waals surface area contributed by atoms with E-state index in [2.05, 4.69) is 32.3 Å². The second-order valence-corrected chi connectivity index (χ2v) is 6.56. The van der Waals surface area contributed by atoms with Gasteiger partial charge in [0.25, 0.3) is 0 Å². The van der Waals surface area contributed by atoms with Crippen LogP contribution in [0.1, 0.15) is 11.1 Å². The highest BCUT2D eigenvalue weighted by atomic mass is 79.9. The topological polar surface area (TPSA) is 54.1 Å². The lowest BCUT2D eigenvalue weighted by Crippen LogP contribution is -2.39. The van der Waals surface area contributed by atoms with Crippen LogP contribution in [0.25, 0.3) is 10.9 Å². The second kappa shape index (κ2) is 7.64. The van der Waals surface area contributed by atoms with Crippen molar-refractivity contribution in [3.8, 4) is 0 Å². The summed E-state index contributed by atoms with van der Waals surface area (Å²) in [5.74, 6) is -0.252. The molecule has 0 spiro atoms. The summed E-state index contributed by atoms with van der Waals surface area (Å²) in [5, 5.41) is 4.44. The van der Waals surface area contributed by atoms with Crippen LogP contribution in [0.3, 0.4) is 0 Å². The van der Waals surface area contributed by atoms with E-state index in [1.54, 1.807) is 0 Å². The Labute approximate surface area is 149 Å². The van der Waals surface area contributed by atoms with Gasteiger partial charge in [-0.15, -0.1) is 0 Å². The zero-order chi connectivity index (χ0) is 16.9. The van der Waals surface area contributed by atoms with Crippen molar-refractivity contribution in [2.24, 2.45) is 0 Å². The van der Waals surface area contributed by atoms with E-state index in [1.165, 1.54) is 7.11 Å². The second-order valence-electron chi connectivity index (χ2n) is 5.65. The van der Waals surface area contributed by atoms with Crippen LogP contribution < -0.4 is 5.32 Å². The molecule has 0 aliphatic carbocycles. The molecule has 0 aliphatic heterocycles. The van der Waals surface area contributed by atoms with Gasteiger partial charge in [0.15, 0.2) is 0 Å². The Morgan fingerprint density at radius 2 is 1.96 bits per heavy atom. The highest BCUT2D eigenvalue weighted by Gasteiger charge is 2.20. The number of hydrogen-bond donors (Lipinski definition) is 2. The lowest BCUT2D eigenvalue weighted by Gasteiger charge is -2.16. The quantitative estimate of drug-likeness (QED) is 0.633. The van der Waals surface area contributed by atoms with Crippen molar-refractivity contribution < 1.29 is 9.53 Å². The Balaban J connectivity index is 1.74. The van der Waals surface area contributed by atoms with Crippen molar-refractivity contribution in [3.05, 3.63) is 70.3 Å². The van der Waals surface area contributed by atoms with Crippen LogP contribution in [0.4, 0.5) is 0 Å². The van der Waals surface area contributed by atoms with Gasteiger partial charge in [-0.05, 0) is 29.3 Å². The van der Waals surface area contributed by atoms with Gasteiger partial charge in [0.05, 0.1) is 7.11 Å². The molecule has 124 valence electrons. The number of nitrogens with one attached hydrogen (secondary N) is 2. The van der Waals surface area contributed by atoms with Crippen molar-refractivity contribution in [1.29, 1.82) is 0 Å². The van der Waals surface area contributed by atoms with E-state index in [0.717, 1.165) is 26.5 Å². The molecular weight excluding hydrogens is 368 g/mol. The number of H-pyrrole nitrogens is 1. The third-order valence-electron chi connectivity index (χ3n) is 4.05. The molecule has 1 atom stereocenters. The third-order valence-corrected chi connectivity index (χ3v) is 4.58. The number of benzene rings is 2. The maximum Gasteiger partial charge on any atom is 0.323 e. The van der Waals surface area contributed by atoms with Crippen molar-refractivity contribution in [1.82, 2.24) is 10.3 Å². The lowest BCUT2D eigenvalue weighted by atomic mass is 10.0. The van der Waals surface area contributed by atoms with E-state index >= 15 is 0 Å². The van der Waals surface area contributed by atoms with Crippen LogP contribution in [-0.4, -0.2) is 24.1 Å². The average molecular weight is 387 g/mol. The van der Waals surface area contributed by atoms with Gasteiger partial charge in [-0.1, -0.05) is 46.3 Å². The maximum absolute atomic E-state index is 12.1. The third kappa shape index (κ3) is 3.86. The highest BCUT2D eigenvalue weighted by Crippen LogP contribution is 2.19. The largest absolute Gasteiger partial charge is 0.468 e. The number of fused-ring (bicyclic) bond motifs is 1. The summed E-state index contributed by atoms with van der Waals surface area (Å²) in [4.78, 5) is 15.4. The van der Waals surface area contributed by atoms with Crippen LogP contribution in [0, 0.1) is 0 Å². The Kier molecular flexibility index (Phi) is 5.33. The summed E-state index contributed by atoms with van der Waals surface area (Å²) >= 11 is 3.42. The fourth-order valence-electron chi connectivity index (χ4n) is 2.74. The number of ether oxygens (including phenoxy) is 1. The predicted octanol–water partition coefficient (Wildman–Crippen LogP) is 3.80. The van der Waals surface area contributed by atoms with E-state index < -0.39 is 6.04 Å². The minimum absolute atomic E-state index is 0.252. The maximum atomic E-state index is 12.1. The normalized spacial score (nSPS) is 12.2.